The van der Waals surface area contributed by atoms with Gasteiger partial charge in [-0.1, -0.05) is 53.4 Å². The van der Waals surface area contributed by atoms with Crippen LogP contribution >= 0.6 is 7.82 Å². The van der Waals surface area contributed by atoms with Gasteiger partial charge in [0, 0.05) is 0 Å². The molecule has 0 aliphatic rings. The zero-order chi connectivity index (χ0) is 22.0. The second kappa shape index (κ2) is 21.8. The van der Waals surface area contributed by atoms with Gasteiger partial charge >= 0.3 is 51.4 Å². The summed E-state index contributed by atoms with van der Waals surface area (Å²) in [7, 11) is -9.81. The first-order valence-electron chi connectivity index (χ1n) is 9.54. The van der Waals surface area contributed by atoms with Crippen LogP contribution in [0.3, 0.4) is 0 Å². The number of hydrogen-bond acceptors (Lipinski definition) is 5. The molecule has 0 saturated carbocycles. The topological polar surface area (TPSA) is 158 Å². The molecule has 0 aliphatic carbocycles. The molecule has 168 valence electrons. The normalized spacial score (nSPS) is 11.5. The van der Waals surface area contributed by atoms with E-state index in [0.717, 1.165) is 0 Å². The zero-order valence-electron chi connectivity index (χ0n) is 18.2. The Morgan fingerprint density at radius 2 is 0.929 bits per heavy atom. The van der Waals surface area contributed by atoms with Gasteiger partial charge in [-0.2, -0.15) is 0 Å². The summed E-state index contributed by atoms with van der Waals surface area (Å²) in [6.07, 6.45) is 11.1. The third-order valence-corrected chi connectivity index (χ3v) is 3.94. The van der Waals surface area contributed by atoms with Crippen LogP contribution in [0.25, 0.3) is 0 Å². The summed E-state index contributed by atoms with van der Waals surface area (Å²) in [5, 5.41) is 0. The largest absolute Gasteiger partial charge is 1.00 e. The van der Waals surface area contributed by atoms with Crippen molar-refractivity contribution in [2.45, 2.75) is 79.1 Å². The Balaban J connectivity index is -0.000000216. The monoisotopic (exact) mass is 475 g/mol. The Bertz CT molecular complexity index is 419. The number of nitrogens with zero attached hydrogens (tertiary/aromatic N) is 1. The fourth-order valence-electron chi connectivity index (χ4n) is 2.64. The molecule has 0 saturated heterocycles. The molecule has 0 fully saturated rings. The zero-order valence-corrected chi connectivity index (χ0v) is 23.0. The average Bonchev–Trinajstić information content (AvgIpc) is 2.50. The Hall–Kier alpha value is 1.58. The summed E-state index contributed by atoms with van der Waals surface area (Å²) in [5.41, 5.74) is 0. The first kappa shape index (κ1) is 36.9. The minimum atomic E-state index is -4.92. The van der Waals surface area contributed by atoms with Gasteiger partial charge in [-0.15, -0.1) is 0 Å². The van der Waals surface area contributed by atoms with Crippen LogP contribution in [0.4, 0.5) is 0 Å². The molecule has 0 heterocycles. The van der Waals surface area contributed by atoms with E-state index >= 15 is 0 Å². The van der Waals surface area contributed by atoms with E-state index in [2.05, 4.69) is 27.7 Å². The van der Waals surface area contributed by atoms with Gasteiger partial charge in [0.05, 0.1) is 26.2 Å². The molecule has 0 aromatic heterocycles. The first-order valence-corrected chi connectivity index (χ1v) is 12.4. The van der Waals surface area contributed by atoms with Crippen molar-refractivity contribution in [3.05, 3.63) is 0 Å². The van der Waals surface area contributed by atoms with Crippen LogP contribution in [0.15, 0.2) is 0 Å². The van der Waals surface area contributed by atoms with Crippen molar-refractivity contribution in [1.82, 2.24) is 0 Å². The maximum Gasteiger partial charge on any atom is 1.00 e. The molecule has 0 unspecified atom stereocenters. The summed E-state index contributed by atoms with van der Waals surface area (Å²) in [6.45, 7) is 15.0. The summed E-state index contributed by atoms with van der Waals surface area (Å²) in [5.74, 6) is 0. The van der Waals surface area contributed by atoms with Crippen molar-refractivity contribution in [1.29, 1.82) is 0 Å². The molecule has 0 amide bonds. The number of rotatable bonds is 12. The Kier molecular flexibility index (Phi) is 28.7. The Morgan fingerprint density at radius 1 is 0.786 bits per heavy atom. The van der Waals surface area contributed by atoms with Gasteiger partial charge in [0.2, 0.25) is 10.4 Å². The van der Waals surface area contributed by atoms with E-state index in [1.807, 2.05) is 0 Å². The van der Waals surface area contributed by atoms with E-state index in [9.17, 15) is 0 Å². The van der Waals surface area contributed by atoms with Gasteiger partial charge in [-0.3, -0.25) is 9.12 Å². The molecule has 3 N–H and O–H groups in total. The molecule has 12 heteroatoms. The van der Waals surface area contributed by atoms with Crippen LogP contribution < -0.4 is 56.3 Å². The SMILES string of the molecule is CCCC[N+](CCCC)(CCCC)CCCC.O=P([O-])(O)O.O=S(=O)([O-])O.[K+]. The fourth-order valence-corrected chi connectivity index (χ4v) is 2.64. The van der Waals surface area contributed by atoms with Crippen LogP contribution in [0.2, 0.25) is 0 Å². The second-order valence-electron chi connectivity index (χ2n) is 6.57. The molecule has 0 spiro atoms. The van der Waals surface area contributed by atoms with Crippen LogP contribution in [0, 0.1) is 0 Å². The number of hydrogen-bond donors (Lipinski definition) is 3. The minimum Gasteiger partial charge on any atom is -0.756 e. The van der Waals surface area contributed by atoms with Crippen LogP contribution in [-0.2, 0) is 15.0 Å². The third-order valence-electron chi connectivity index (χ3n) is 3.94. The maximum absolute atomic E-state index is 8.77. The van der Waals surface area contributed by atoms with E-state index < -0.39 is 18.2 Å². The van der Waals surface area contributed by atoms with Gasteiger partial charge in [-0.25, -0.2) is 8.42 Å². The summed E-state index contributed by atoms with van der Waals surface area (Å²) in [4.78, 5) is 22.9. The Labute approximate surface area is 214 Å². The molecule has 0 aromatic carbocycles. The molecule has 9 nitrogen and oxygen atoms in total. The molecule has 0 aromatic rings. The van der Waals surface area contributed by atoms with Crippen LogP contribution in [-0.4, -0.2) is 58.0 Å². The van der Waals surface area contributed by atoms with E-state index in [1.165, 1.54) is 82.0 Å². The van der Waals surface area contributed by atoms with Crippen molar-refractivity contribution in [2.24, 2.45) is 0 Å². The molecule has 0 bridgehead atoms. The predicted molar refractivity (Wildman–Crippen MR) is 104 cm³/mol. The predicted octanol–water partition coefficient (Wildman–Crippen LogP) is -0.548. The molecule has 28 heavy (non-hydrogen) atoms. The van der Waals surface area contributed by atoms with Crippen molar-refractivity contribution in [2.75, 3.05) is 26.2 Å². The van der Waals surface area contributed by atoms with Crippen LogP contribution in [0.5, 0.6) is 0 Å². The third kappa shape index (κ3) is 41.8. The van der Waals surface area contributed by atoms with E-state index in [0.29, 0.717) is 0 Å². The number of unbranched alkanes of at least 4 members (excludes halogenated alkanes) is 4. The molecule has 0 rings (SSSR count). The van der Waals surface area contributed by atoms with E-state index in [-0.39, 0.29) is 51.4 Å². The summed E-state index contributed by atoms with van der Waals surface area (Å²) in [6, 6.07) is 0. The minimum absolute atomic E-state index is 0. The Morgan fingerprint density at radius 3 is 1.04 bits per heavy atom. The van der Waals surface area contributed by atoms with Crippen molar-refractivity contribution in [3.8, 4) is 0 Å². The molecule has 0 radical (unpaired) electrons. The summed E-state index contributed by atoms with van der Waals surface area (Å²) < 4.78 is 43.0. The van der Waals surface area contributed by atoms with Gasteiger partial charge < -0.3 is 23.7 Å². The van der Waals surface area contributed by atoms with Crippen LogP contribution in [0.1, 0.15) is 79.1 Å². The number of quaternary nitrogens is 1. The molecular weight excluding hydrogens is 436 g/mol. The van der Waals surface area contributed by atoms with Gasteiger partial charge in [-0.05, 0) is 25.7 Å². The number of phosphoric acid groups is 1. The standard InChI is InChI=1S/C16H36N.K.H3O4P.H2O4S/c1-5-9-13-17(14-10-6-2,15-11-7-3)16-12-8-4;;2*1-5(2,3)4/h5-16H2,1-4H3;;(H3,1,2,3,4);(H2,1,2,3,4)/q2*+1;;/p-2. The van der Waals surface area contributed by atoms with Gasteiger partial charge in [0.1, 0.15) is 0 Å². The molecular formula is C16H39KNO8PS. The molecule has 0 atom stereocenters. The first-order chi connectivity index (χ1) is 12.2. The fraction of sp³-hybridized carbons (Fsp3) is 1.00. The maximum atomic E-state index is 8.77. The van der Waals surface area contributed by atoms with E-state index in [4.69, 9.17) is 36.8 Å². The van der Waals surface area contributed by atoms with Crippen molar-refractivity contribution >= 4 is 18.2 Å². The van der Waals surface area contributed by atoms with Crippen molar-refractivity contribution in [3.63, 3.8) is 0 Å². The summed E-state index contributed by atoms with van der Waals surface area (Å²) >= 11 is 0. The average molecular weight is 476 g/mol. The van der Waals surface area contributed by atoms with Gasteiger partial charge in [0.25, 0.3) is 7.82 Å². The van der Waals surface area contributed by atoms with Crippen molar-refractivity contribution < 1.29 is 92.6 Å². The molecule has 0 aliphatic heterocycles. The quantitative estimate of drug-likeness (QED) is 0.112. The van der Waals surface area contributed by atoms with E-state index in [1.54, 1.807) is 0 Å². The van der Waals surface area contributed by atoms with Gasteiger partial charge in [0.15, 0.2) is 0 Å². The smallest absolute Gasteiger partial charge is 0.756 e. The second-order valence-corrected chi connectivity index (χ2v) is 8.41.